The first-order chi connectivity index (χ1) is 5.40. The summed E-state index contributed by atoms with van der Waals surface area (Å²) in [6.07, 6.45) is 8.12. The summed E-state index contributed by atoms with van der Waals surface area (Å²) in [6, 6.07) is 3.60. The van der Waals surface area contributed by atoms with Crippen LogP contribution in [0.15, 0.2) is 0 Å². The van der Waals surface area contributed by atoms with Gasteiger partial charge in [-0.1, -0.05) is 6.42 Å². The van der Waals surface area contributed by atoms with Gasteiger partial charge in [0.1, 0.15) is 0 Å². The van der Waals surface area contributed by atoms with Gasteiger partial charge < -0.3 is 4.90 Å². The van der Waals surface area contributed by atoms with Crippen molar-refractivity contribution in [1.29, 1.82) is 0 Å². The van der Waals surface area contributed by atoms with Gasteiger partial charge in [0.15, 0.2) is 0 Å². The average Bonchev–Trinajstić information content (AvgIpc) is 2.87. The van der Waals surface area contributed by atoms with Gasteiger partial charge in [0, 0.05) is 38.3 Å². The molecule has 0 unspecified atom stereocenters. The van der Waals surface area contributed by atoms with Crippen molar-refractivity contribution in [2.75, 3.05) is 26.2 Å². The second-order valence-electron chi connectivity index (χ2n) is 3.38. The number of nitrogens with zero attached hydrogens (tertiary/aromatic N) is 2. The zero-order valence-corrected chi connectivity index (χ0v) is 6.79. The summed E-state index contributed by atoms with van der Waals surface area (Å²) in [4.78, 5) is 4.63. The van der Waals surface area contributed by atoms with E-state index in [0.29, 0.717) is 0 Å². The van der Waals surface area contributed by atoms with Gasteiger partial charge >= 0.3 is 0 Å². The van der Waals surface area contributed by atoms with Gasteiger partial charge in [-0.25, -0.2) is 0 Å². The molecule has 0 aromatic heterocycles. The molecule has 2 heteroatoms. The first-order valence-corrected chi connectivity index (χ1v) is 4.35. The molecule has 1 heterocycles. The second kappa shape index (κ2) is 2.75. The Hall–Kier alpha value is -0.680. The normalized spacial score (nSPS) is 26.6. The molecule has 60 valence electrons. The Kier molecular flexibility index (Phi) is 1.75. The minimum Gasteiger partial charge on any atom is -0.330 e. The Bertz CT molecular complexity index is 170. The topological polar surface area (TPSA) is 6.48 Å². The Labute approximate surface area is 68.2 Å². The zero-order valence-electron chi connectivity index (χ0n) is 6.79. The van der Waals surface area contributed by atoms with Crippen molar-refractivity contribution in [2.24, 2.45) is 0 Å². The number of hydrogen-bond acceptors (Lipinski definition) is 2. The van der Waals surface area contributed by atoms with Gasteiger partial charge in [-0.3, -0.25) is 4.90 Å². The smallest absolute Gasteiger partial charge is 0.0388 e. The lowest BCUT2D eigenvalue weighted by Gasteiger charge is -2.32. The van der Waals surface area contributed by atoms with Gasteiger partial charge in [-0.2, -0.15) is 0 Å². The van der Waals surface area contributed by atoms with E-state index in [1.54, 1.807) is 0 Å². The van der Waals surface area contributed by atoms with Crippen LogP contribution in [0, 0.1) is 12.5 Å². The molecular weight excluding hydrogens is 136 g/mol. The van der Waals surface area contributed by atoms with Crippen LogP contribution in [-0.2, 0) is 0 Å². The molecule has 2 nitrogen and oxygen atoms in total. The van der Waals surface area contributed by atoms with Crippen molar-refractivity contribution in [3.05, 3.63) is 0 Å². The zero-order chi connectivity index (χ0) is 7.68. The van der Waals surface area contributed by atoms with Crippen molar-refractivity contribution in [2.45, 2.75) is 18.9 Å². The maximum atomic E-state index is 5.30. The molecule has 0 aromatic rings. The summed E-state index contributed by atoms with van der Waals surface area (Å²) >= 11 is 0. The van der Waals surface area contributed by atoms with Gasteiger partial charge in [-0.05, 0) is 12.8 Å². The summed E-state index contributed by atoms with van der Waals surface area (Å²) in [5.41, 5.74) is 0. The Morgan fingerprint density at radius 3 is 2.18 bits per heavy atom. The first kappa shape index (κ1) is 7.00. The lowest BCUT2D eigenvalue weighted by atomic mass is 10.3. The monoisotopic (exact) mass is 150 g/mol. The summed E-state index contributed by atoms with van der Waals surface area (Å²) in [5.74, 6) is 0. The minimum absolute atomic E-state index is 0.912. The van der Waals surface area contributed by atoms with Crippen LogP contribution >= 0.6 is 0 Å². The average molecular weight is 150 g/mol. The third-order valence-electron chi connectivity index (χ3n) is 2.56. The van der Waals surface area contributed by atoms with E-state index in [4.69, 9.17) is 6.42 Å². The quantitative estimate of drug-likeness (QED) is 0.498. The van der Waals surface area contributed by atoms with Crippen molar-refractivity contribution >= 4 is 0 Å². The highest BCUT2D eigenvalue weighted by Crippen LogP contribution is 2.27. The van der Waals surface area contributed by atoms with Crippen molar-refractivity contribution in [3.8, 4) is 12.5 Å². The highest BCUT2D eigenvalue weighted by molar-refractivity contribution is 4.92. The SMILES string of the molecule is C#CN1CCN(C2CC2)CC1. The van der Waals surface area contributed by atoms with Crippen LogP contribution in [0.2, 0.25) is 0 Å². The van der Waals surface area contributed by atoms with Crippen LogP contribution in [0.4, 0.5) is 0 Å². The molecule has 1 saturated carbocycles. The molecule has 0 spiro atoms. The molecule has 0 amide bonds. The molecule has 0 atom stereocenters. The fourth-order valence-corrected chi connectivity index (χ4v) is 1.66. The molecule has 1 aliphatic carbocycles. The van der Waals surface area contributed by atoms with Crippen LogP contribution < -0.4 is 0 Å². The van der Waals surface area contributed by atoms with E-state index in [2.05, 4.69) is 15.8 Å². The Morgan fingerprint density at radius 2 is 1.73 bits per heavy atom. The number of hydrogen-bond donors (Lipinski definition) is 0. The van der Waals surface area contributed by atoms with Crippen LogP contribution in [0.25, 0.3) is 0 Å². The highest BCUT2D eigenvalue weighted by Gasteiger charge is 2.30. The van der Waals surface area contributed by atoms with E-state index >= 15 is 0 Å². The lowest BCUT2D eigenvalue weighted by molar-refractivity contribution is 0.168. The molecule has 1 saturated heterocycles. The molecule has 1 aliphatic heterocycles. The largest absolute Gasteiger partial charge is 0.330 e. The van der Waals surface area contributed by atoms with Crippen LogP contribution in [0.1, 0.15) is 12.8 Å². The third kappa shape index (κ3) is 1.49. The van der Waals surface area contributed by atoms with Crippen molar-refractivity contribution in [1.82, 2.24) is 9.80 Å². The molecule has 0 N–H and O–H groups in total. The molecule has 11 heavy (non-hydrogen) atoms. The molecule has 2 rings (SSSR count). The molecule has 0 aromatic carbocycles. The maximum Gasteiger partial charge on any atom is 0.0388 e. The van der Waals surface area contributed by atoms with Crippen LogP contribution in [0.3, 0.4) is 0 Å². The maximum absolute atomic E-state index is 5.30. The summed E-state index contributed by atoms with van der Waals surface area (Å²) < 4.78 is 0. The van der Waals surface area contributed by atoms with E-state index in [1.807, 2.05) is 0 Å². The molecule has 2 aliphatic rings. The lowest BCUT2D eigenvalue weighted by Crippen LogP contribution is -2.45. The minimum atomic E-state index is 0.912. The Morgan fingerprint density at radius 1 is 1.09 bits per heavy atom. The fraction of sp³-hybridized carbons (Fsp3) is 0.778. The van der Waals surface area contributed by atoms with E-state index in [1.165, 1.54) is 25.9 Å². The van der Waals surface area contributed by atoms with Crippen LogP contribution in [0.5, 0.6) is 0 Å². The van der Waals surface area contributed by atoms with Gasteiger partial charge in [-0.15, -0.1) is 0 Å². The molecule has 2 fully saturated rings. The van der Waals surface area contributed by atoms with Crippen molar-refractivity contribution < 1.29 is 0 Å². The summed E-state index contributed by atoms with van der Waals surface area (Å²) in [7, 11) is 0. The van der Waals surface area contributed by atoms with E-state index < -0.39 is 0 Å². The van der Waals surface area contributed by atoms with Crippen LogP contribution in [-0.4, -0.2) is 42.0 Å². The van der Waals surface area contributed by atoms with E-state index in [9.17, 15) is 0 Å². The summed E-state index contributed by atoms with van der Waals surface area (Å²) in [6.45, 7) is 4.48. The Balaban J connectivity index is 1.80. The van der Waals surface area contributed by atoms with Gasteiger partial charge in [0.05, 0.1) is 0 Å². The first-order valence-electron chi connectivity index (χ1n) is 4.35. The predicted molar refractivity (Wildman–Crippen MR) is 45.0 cm³/mol. The number of terminal acetylenes is 1. The second-order valence-corrected chi connectivity index (χ2v) is 3.38. The van der Waals surface area contributed by atoms with E-state index in [0.717, 1.165) is 19.1 Å². The summed E-state index contributed by atoms with van der Waals surface area (Å²) in [5, 5.41) is 0. The third-order valence-corrected chi connectivity index (χ3v) is 2.56. The number of piperazine rings is 1. The van der Waals surface area contributed by atoms with Gasteiger partial charge in [0.2, 0.25) is 0 Å². The fourth-order valence-electron chi connectivity index (χ4n) is 1.66. The van der Waals surface area contributed by atoms with Gasteiger partial charge in [0.25, 0.3) is 0 Å². The highest BCUT2D eigenvalue weighted by atomic mass is 15.3. The van der Waals surface area contributed by atoms with E-state index in [-0.39, 0.29) is 0 Å². The standard InChI is InChI=1S/C9H14N2/c1-2-10-5-7-11(8-6-10)9-3-4-9/h1,9H,3-8H2. The molecule has 0 bridgehead atoms. The molecule has 0 radical (unpaired) electrons. The molecular formula is C9H14N2. The van der Waals surface area contributed by atoms with Crippen molar-refractivity contribution in [3.63, 3.8) is 0 Å². The number of rotatable bonds is 1. The predicted octanol–water partition coefficient (Wildman–Crippen LogP) is 0.357.